The zero-order chi connectivity index (χ0) is 7.54. The van der Waals surface area contributed by atoms with Crippen LogP contribution in [0, 0.1) is 43.2 Å². The van der Waals surface area contributed by atoms with Crippen LogP contribution in [0.25, 0.3) is 0 Å². The second kappa shape index (κ2) is 105. The van der Waals surface area contributed by atoms with Gasteiger partial charge in [-0.2, -0.15) is 6.08 Å². The van der Waals surface area contributed by atoms with Crippen LogP contribution in [0.4, 0.5) is 0 Å². The maximum Gasteiger partial charge on any atom is 0.106 e. The molecule has 1 rings (SSSR count). The van der Waals surface area contributed by atoms with E-state index in [1.807, 2.05) is 25.7 Å². The summed E-state index contributed by atoms with van der Waals surface area (Å²) in [4.78, 5) is 16.0. The summed E-state index contributed by atoms with van der Waals surface area (Å²) in [5, 5.41) is 0. The number of hydrogen-bond acceptors (Lipinski definition) is 2. The van der Waals surface area contributed by atoms with E-state index in [1.54, 1.807) is 0 Å². The molecule has 0 heterocycles. The molecule has 1 aliphatic carbocycles. The Morgan fingerprint density at radius 3 is 1.27 bits per heavy atom. The average molecular weight is 393 g/mol. The largest absolute Gasteiger partial charge is 0.358 e. The van der Waals surface area contributed by atoms with E-state index in [2.05, 4.69) is 12.2 Å². The third-order valence-electron chi connectivity index (χ3n) is 0.586. The Morgan fingerprint density at radius 2 is 1.20 bits per heavy atom. The van der Waals surface area contributed by atoms with Crippen LogP contribution in [0.15, 0.2) is 18.2 Å². The zero-order valence-electron chi connectivity index (χ0n) is 10.5. The van der Waals surface area contributed by atoms with Crippen molar-refractivity contribution in [2.24, 2.45) is 0 Å². The van der Waals surface area contributed by atoms with Crippen molar-refractivity contribution < 1.29 is 29.7 Å². The fourth-order valence-electron chi connectivity index (χ4n) is 0.340. The Balaban J connectivity index is -0.00000000763. The first kappa shape index (κ1) is 62.7. The van der Waals surface area contributed by atoms with Gasteiger partial charge in [0.2, 0.25) is 0 Å². The van der Waals surface area contributed by atoms with Gasteiger partial charge in [0.1, 0.15) is 13.6 Å². The van der Waals surface area contributed by atoms with Crippen molar-refractivity contribution in [2.75, 3.05) is 0 Å². The van der Waals surface area contributed by atoms with Crippen molar-refractivity contribution >= 4 is 13.6 Å². The topological polar surface area (TPSA) is 34.1 Å². The van der Waals surface area contributed by atoms with Crippen LogP contribution >= 0.6 is 0 Å². The monoisotopic (exact) mass is 393 g/mol. The van der Waals surface area contributed by atoms with Gasteiger partial charge in [-0.05, 0) is 0 Å². The van der Waals surface area contributed by atoms with Gasteiger partial charge in [0.05, 0.1) is 0 Å². The van der Waals surface area contributed by atoms with E-state index in [0.29, 0.717) is 0 Å². The number of carbonyl (C=O) groups excluding carboxylic acids is 2. The fourth-order valence-corrected chi connectivity index (χ4v) is 0.340. The second-order valence-electron chi connectivity index (χ2n) is 1.00. The summed E-state index contributed by atoms with van der Waals surface area (Å²) in [6.07, 6.45) is 10.0. The standard InChI is InChI=1S/C5H5.2CH2O.5CH3.Ir/c1-2-4-5-3-1;2*1-2;;;;;;/h1-3H,4H2;2*1H2;5*1H3;/q-1;;;5*-1;. The van der Waals surface area contributed by atoms with Gasteiger partial charge in [0.15, 0.2) is 0 Å². The molecule has 0 amide bonds. The summed E-state index contributed by atoms with van der Waals surface area (Å²) in [6.45, 7) is 4.00. The predicted octanol–water partition coefficient (Wildman–Crippen LogP) is 3.18. The predicted molar refractivity (Wildman–Crippen MR) is 67.9 cm³/mol. The van der Waals surface area contributed by atoms with E-state index in [4.69, 9.17) is 9.59 Å². The minimum atomic E-state index is 0. The first-order chi connectivity index (χ1) is 4.50. The Labute approximate surface area is 111 Å². The van der Waals surface area contributed by atoms with E-state index >= 15 is 0 Å². The molecule has 0 aromatic carbocycles. The van der Waals surface area contributed by atoms with Crippen LogP contribution < -0.4 is 0 Å². The number of rotatable bonds is 0. The van der Waals surface area contributed by atoms with Crippen molar-refractivity contribution in [3.05, 3.63) is 61.4 Å². The van der Waals surface area contributed by atoms with Gasteiger partial charge in [-0.3, -0.25) is 6.08 Å². The van der Waals surface area contributed by atoms with Gasteiger partial charge in [0, 0.05) is 20.1 Å². The first-order valence-corrected chi connectivity index (χ1v) is 2.29. The second-order valence-corrected chi connectivity index (χ2v) is 1.00. The van der Waals surface area contributed by atoms with E-state index in [-0.39, 0.29) is 57.2 Å². The van der Waals surface area contributed by atoms with Gasteiger partial charge in [-0.15, -0.1) is 6.42 Å². The van der Waals surface area contributed by atoms with E-state index in [1.165, 1.54) is 0 Å². The third kappa shape index (κ3) is 88.7. The van der Waals surface area contributed by atoms with E-state index in [0.717, 1.165) is 6.42 Å². The summed E-state index contributed by atoms with van der Waals surface area (Å²) in [6, 6.07) is 0. The van der Waals surface area contributed by atoms with Gasteiger partial charge in [-0.1, -0.05) is 0 Å². The van der Waals surface area contributed by atoms with E-state index < -0.39 is 0 Å². The molecular weight excluding hydrogens is 368 g/mol. The van der Waals surface area contributed by atoms with Gasteiger partial charge in [0.25, 0.3) is 0 Å². The van der Waals surface area contributed by atoms with Crippen molar-refractivity contribution in [2.45, 2.75) is 6.42 Å². The zero-order valence-corrected chi connectivity index (χ0v) is 12.9. The number of hydrogen-bond donors (Lipinski definition) is 0. The molecule has 0 N–H and O–H groups in total. The van der Waals surface area contributed by atoms with Crippen LogP contribution in [-0.2, 0) is 29.7 Å². The molecule has 99 valence electrons. The molecule has 0 aliphatic heterocycles. The van der Waals surface area contributed by atoms with Crippen LogP contribution in [0.3, 0.4) is 0 Å². The molecule has 15 heavy (non-hydrogen) atoms. The Kier molecular flexibility index (Phi) is 438. The quantitative estimate of drug-likeness (QED) is 0.594. The van der Waals surface area contributed by atoms with Crippen molar-refractivity contribution in [1.82, 2.24) is 0 Å². The molecule has 1 radical (unpaired) electrons. The molecule has 3 heteroatoms. The number of allylic oxidation sites excluding steroid dienone is 4. The molecule has 1 aliphatic rings. The third-order valence-corrected chi connectivity index (χ3v) is 0.586. The molecule has 0 bridgehead atoms. The number of carbonyl (C=O) groups is 2. The fraction of sp³-hybridized carbons (Fsp3) is 0.0833. The van der Waals surface area contributed by atoms with Crippen LogP contribution in [0.2, 0.25) is 0 Å². The Morgan fingerprint density at radius 1 is 0.867 bits per heavy atom. The SMILES string of the molecule is C=O.C=O.[C-]1=CC=CC1.[CH3-].[CH3-].[CH3-].[CH3-].[CH3-].[Ir]. The van der Waals surface area contributed by atoms with Crippen molar-refractivity contribution in [1.29, 1.82) is 0 Å². The molecule has 0 spiro atoms. The maximum absolute atomic E-state index is 8.00. The molecule has 0 unspecified atom stereocenters. The normalized spacial score (nSPS) is 6.40. The molecule has 2 nitrogen and oxygen atoms in total. The summed E-state index contributed by atoms with van der Waals surface area (Å²) in [7, 11) is 0. The summed E-state index contributed by atoms with van der Waals surface area (Å²) < 4.78 is 0. The Bertz CT molecular complexity index is 89.8. The molecular formula is C12H24IrO2-6. The van der Waals surface area contributed by atoms with Crippen LogP contribution in [0.1, 0.15) is 6.42 Å². The Hall–Kier alpha value is -0.531. The summed E-state index contributed by atoms with van der Waals surface area (Å²) in [5.41, 5.74) is 0. The molecule has 0 saturated heterocycles. The average Bonchev–Trinajstić information content (AvgIpc) is 2.51. The van der Waals surface area contributed by atoms with Crippen molar-refractivity contribution in [3.8, 4) is 0 Å². The smallest absolute Gasteiger partial charge is 0.106 e. The van der Waals surface area contributed by atoms with Gasteiger partial charge >= 0.3 is 0 Å². The molecule has 0 atom stereocenters. The molecule has 0 aromatic rings. The minimum Gasteiger partial charge on any atom is -0.358 e. The summed E-state index contributed by atoms with van der Waals surface area (Å²) >= 11 is 0. The first-order valence-electron chi connectivity index (χ1n) is 2.29. The molecule has 0 aromatic heterocycles. The maximum atomic E-state index is 8.00. The van der Waals surface area contributed by atoms with Crippen molar-refractivity contribution in [3.63, 3.8) is 0 Å². The van der Waals surface area contributed by atoms with Crippen LogP contribution in [-0.4, -0.2) is 13.6 Å². The summed E-state index contributed by atoms with van der Waals surface area (Å²) in [5.74, 6) is 0. The minimum absolute atomic E-state index is 0. The molecule has 0 fully saturated rings. The molecule has 0 saturated carbocycles. The van der Waals surface area contributed by atoms with Gasteiger partial charge in [-0.25, -0.2) is 12.2 Å². The van der Waals surface area contributed by atoms with Gasteiger partial charge < -0.3 is 46.7 Å². The van der Waals surface area contributed by atoms with Crippen LogP contribution in [0.5, 0.6) is 0 Å². The van der Waals surface area contributed by atoms with E-state index in [9.17, 15) is 0 Å².